The zero-order chi connectivity index (χ0) is 21.8. The van der Waals surface area contributed by atoms with Gasteiger partial charge < -0.3 is 10.1 Å². The van der Waals surface area contributed by atoms with Crippen LogP contribution in [0.5, 0.6) is 0 Å². The van der Waals surface area contributed by atoms with Crippen LogP contribution >= 0.6 is 0 Å². The van der Waals surface area contributed by atoms with Crippen LogP contribution in [0.25, 0.3) is 10.8 Å². The molecule has 0 aliphatic carbocycles. The van der Waals surface area contributed by atoms with E-state index in [0.29, 0.717) is 22.0 Å². The minimum Gasteiger partial charge on any atom is -0.452 e. The summed E-state index contributed by atoms with van der Waals surface area (Å²) in [6, 6.07) is 12.6. The minimum absolute atomic E-state index is 0.0206. The van der Waals surface area contributed by atoms with Crippen LogP contribution in [0.2, 0.25) is 0 Å². The molecule has 154 valence electrons. The number of esters is 1. The summed E-state index contributed by atoms with van der Waals surface area (Å²) < 4.78 is 6.41. The van der Waals surface area contributed by atoms with Crippen molar-refractivity contribution in [3.05, 3.63) is 70.1 Å². The second-order valence-electron chi connectivity index (χ2n) is 7.00. The van der Waals surface area contributed by atoms with Crippen LogP contribution in [0.1, 0.15) is 47.7 Å². The molecular weight excluding hydrogens is 386 g/mol. The zero-order valence-corrected chi connectivity index (χ0v) is 16.8. The number of Topliss-reactive ketones (excluding diaryl/α,β-unsaturated/α-hetero) is 1. The van der Waals surface area contributed by atoms with Crippen LogP contribution in [0, 0.1) is 0 Å². The molecule has 0 fully saturated rings. The second-order valence-corrected chi connectivity index (χ2v) is 7.00. The quantitative estimate of drug-likeness (QED) is 0.497. The normalized spacial score (nSPS) is 10.8. The molecule has 0 spiro atoms. The van der Waals surface area contributed by atoms with Gasteiger partial charge in [-0.3, -0.25) is 14.4 Å². The Hall–Kier alpha value is -3.81. The monoisotopic (exact) mass is 407 g/mol. The number of aromatic nitrogens is 2. The lowest BCUT2D eigenvalue weighted by Gasteiger charge is -2.13. The van der Waals surface area contributed by atoms with Gasteiger partial charge in [-0.15, -0.1) is 0 Å². The maximum atomic E-state index is 12.7. The van der Waals surface area contributed by atoms with E-state index in [1.807, 2.05) is 0 Å². The molecule has 0 atom stereocenters. The van der Waals surface area contributed by atoms with Gasteiger partial charge in [-0.1, -0.05) is 18.2 Å². The highest BCUT2D eigenvalue weighted by Crippen LogP contribution is 2.16. The molecule has 1 N–H and O–H groups in total. The summed E-state index contributed by atoms with van der Waals surface area (Å²) in [5.74, 6) is -1.41. The van der Waals surface area contributed by atoms with Crippen molar-refractivity contribution in [2.45, 2.75) is 26.8 Å². The summed E-state index contributed by atoms with van der Waals surface area (Å²) in [5.41, 5.74) is 0.574. The van der Waals surface area contributed by atoms with E-state index in [1.165, 1.54) is 23.7 Å². The Morgan fingerprint density at radius 3 is 2.27 bits per heavy atom. The maximum absolute atomic E-state index is 12.7. The van der Waals surface area contributed by atoms with Gasteiger partial charge in [0.2, 0.25) is 5.91 Å². The largest absolute Gasteiger partial charge is 0.452 e. The Kier molecular flexibility index (Phi) is 6.06. The number of rotatable bonds is 6. The van der Waals surface area contributed by atoms with Crippen molar-refractivity contribution in [2.24, 2.45) is 0 Å². The van der Waals surface area contributed by atoms with Crippen molar-refractivity contribution in [3.8, 4) is 0 Å². The number of hydrogen-bond donors (Lipinski definition) is 1. The number of hydrogen-bond acceptors (Lipinski definition) is 6. The van der Waals surface area contributed by atoms with Crippen LogP contribution in [-0.2, 0) is 9.53 Å². The number of nitrogens with zero attached hydrogens (tertiary/aromatic N) is 2. The van der Waals surface area contributed by atoms with Gasteiger partial charge in [0.1, 0.15) is 0 Å². The lowest BCUT2D eigenvalue weighted by molar-refractivity contribution is -0.114. The van der Waals surface area contributed by atoms with Gasteiger partial charge in [0.15, 0.2) is 18.1 Å². The third-order valence-electron chi connectivity index (χ3n) is 4.37. The average Bonchev–Trinajstić information content (AvgIpc) is 2.72. The number of carbonyl (C=O) groups excluding carboxylic acids is 3. The van der Waals surface area contributed by atoms with Crippen molar-refractivity contribution >= 4 is 34.1 Å². The van der Waals surface area contributed by atoms with E-state index in [9.17, 15) is 19.2 Å². The van der Waals surface area contributed by atoms with E-state index < -0.39 is 18.4 Å². The number of fused-ring (bicyclic) bond motifs is 1. The highest BCUT2D eigenvalue weighted by atomic mass is 16.5. The summed E-state index contributed by atoms with van der Waals surface area (Å²) in [6.07, 6.45) is 0. The molecular formula is C22H21N3O5. The number of carbonyl (C=O) groups is 3. The van der Waals surface area contributed by atoms with E-state index in [1.54, 1.807) is 50.2 Å². The SMILES string of the molecule is CC(=O)Nc1ccc(C(=O)COC(=O)c2nn(C(C)C)c(=O)c3ccccc23)cc1. The van der Waals surface area contributed by atoms with E-state index >= 15 is 0 Å². The Morgan fingerprint density at radius 1 is 1.03 bits per heavy atom. The zero-order valence-electron chi connectivity index (χ0n) is 16.8. The average molecular weight is 407 g/mol. The Morgan fingerprint density at radius 2 is 1.67 bits per heavy atom. The molecule has 0 saturated carbocycles. The molecule has 0 radical (unpaired) electrons. The summed E-state index contributed by atoms with van der Waals surface area (Å²) >= 11 is 0. The molecule has 8 heteroatoms. The Labute approximate surface area is 172 Å². The first kappa shape index (κ1) is 20.9. The van der Waals surface area contributed by atoms with E-state index in [4.69, 9.17) is 4.74 Å². The fourth-order valence-electron chi connectivity index (χ4n) is 2.93. The molecule has 3 rings (SSSR count). The van der Waals surface area contributed by atoms with Crippen LogP contribution in [0.3, 0.4) is 0 Å². The lowest BCUT2D eigenvalue weighted by atomic mass is 10.1. The predicted octanol–water partition coefficient (Wildman–Crippen LogP) is 2.98. The number of nitrogens with one attached hydrogen (secondary N) is 1. The highest BCUT2D eigenvalue weighted by molar-refractivity contribution is 6.04. The summed E-state index contributed by atoms with van der Waals surface area (Å²) in [7, 11) is 0. The van der Waals surface area contributed by atoms with Gasteiger partial charge in [0.25, 0.3) is 5.56 Å². The standard InChI is InChI=1S/C22H21N3O5/c1-13(2)25-21(28)18-7-5-4-6-17(18)20(24-25)22(29)30-12-19(27)15-8-10-16(11-9-15)23-14(3)26/h4-11,13H,12H2,1-3H3,(H,23,26). The number of ether oxygens (including phenoxy) is 1. The molecule has 0 unspecified atom stereocenters. The highest BCUT2D eigenvalue weighted by Gasteiger charge is 2.20. The van der Waals surface area contributed by atoms with Gasteiger partial charge in [-0.25, -0.2) is 9.48 Å². The second kappa shape index (κ2) is 8.69. The lowest BCUT2D eigenvalue weighted by Crippen LogP contribution is -2.28. The first-order chi connectivity index (χ1) is 14.3. The van der Waals surface area contributed by atoms with E-state index in [-0.39, 0.29) is 23.2 Å². The Bertz CT molecular complexity index is 1180. The maximum Gasteiger partial charge on any atom is 0.359 e. The van der Waals surface area contributed by atoms with Crippen molar-refractivity contribution in [1.82, 2.24) is 9.78 Å². The topological polar surface area (TPSA) is 107 Å². The number of benzene rings is 2. The summed E-state index contributed by atoms with van der Waals surface area (Å²) in [6.45, 7) is 4.48. The number of anilines is 1. The van der Waals surface area contributed by atoms with Gasteiger partial charge in [-0.05, 0) is 44.2 Å². The molecule has 0 aliphatic heterocycles. The van der Waals surface area contributed by atoms with Gasteiger partial charge >= 0.3 is 5.97 Å². The fraction of sp³-hybridized carbons (Fsp3) is 0.227. The van der Waals surface area contributed by atoms with Crippen LogP contribution in [0.15, 0.2) is 53.3 Å². The van der Waals surface area contributed by atoms with Gasteiger partial charge in [0.05, 0.1) is 11.4 Å². The Balaban J connectivity index is 1.80. The molecule has 0 bridgehead atoms. The van der Waals surface area contributed by atoms with E-state index in [0.717, 1.165) is 0 Å². The van der Waals surface area contributed by atoms with Gasteiger partial charge in [-0.2, -0.15) is 5.10 Å². The van der Waals surface area contributed by atoms with E-state index in [2.05, 4.69) is 10.4 Å². The van der Waals surface area contributed by atoms with Crippen LogP contribution < -0.4 is 10.9 Å². The van der Waals surface area contributed by atoms with Crippen molar-refractivity contribution in [1.29, 1.82) is 0 Å². The van der Waals surface area contributed by atoms with Crippen molar-refractivity contribution in [3.63, 3.8) is 0 Å². The number of ketones is 1. The molecule has 3 aromatic rings. The molecule has 1 aromatic heterocycles. The molecule has 2 aromatic carbocycles. The molecule has 1 heterocycles. The first-order valence-corrected chi connectivity index (χ1v) is 9.37. The molecule has 0 saturated heterocycles. The summed E-state index contributed by atoms with van der Waals surface area (Å²) in [5, 5.41) is 7.50. The summed E-state index contributed by atoms with van der Waals surface area (Å²) in [4.78, 5) is 48.6. The van der Waals surface area contributed by atoms with Crippen molar-refractivity contribution < 1.29 is 19.1 Å². The fourth-order valence-corrected chi connectivity index (χ4v) is 2.93. The predicted molar refractivity (Wildman–Crippen MR) is 112 cm³/mol. The molecule has 8 nitrogen and oxygen atoms in total. The first-order valence-electron chi connectivity index (χ1n) is 9.37. The number of amides is 1. The van der Waals surface area contributed by atoms with Crippen LogP contribution in [0.4, 0.5) is 5.69 Å². The minimum atomic E-state index is -0.788. The third kappa shape index (κ3) is 4.43. The van der Waals surface area contributed by atoms with Gasteiger partial charge in [0, 0.05) is 23.6 Å². The third-order valence-corrected chi connectivity index (χ3v) is 4.37. The smallest absolute Gasteiger partial charge is 0.359 e. The van der Waals surface area contributed by atoms with Crippen molar-refractivity contribution in [2.75, 3.05) is 11.9 Å². The molecule has 30 heavy (non-hydrogen) atoms. The van der Waals surface area contributed by atoms with Crippen LogP contribution in [-0.4, -0.2) is 34.0 Å². The molecule has 0 aliphatic rings. The molecule has 1 amide bonds.